The first-order chi connectivity index (χ1) is 12.5. The molecule has 0 aliphatic heterocycles. The van der Waals surface area contributed by atoms with Gasteiger partial charge >= 0.3 is 0 Å². The van der Waals surface area contributed by atoms with Crippen LogP contribution >= 0.6 is 0 Å². The monoisotopic (exact) mass is 336 g/mol. The van der Waals surface area contributed by atoms with Crippen molar-refractivity contribution in [3.05, 3.63) is 98.6 Å². The van der Waals surface area contributed by atoms with Crippen molar-refractivity contribution in [3.63, 3.8) is 0 Å². The highest BCUT2D eigenvalue weighted by Gasteiger charge is 2.29. The molecule has 0 amide bonds. The maximum absolute atomic E-state index is 2.41. The summed E-state index contributed by atoms with van der Waals surface area (Å²) in [5.41, 5.74) is 15.8. The maximum atomic E-state index is 2.41. The molecular formula is C26H24. The third-order valence-electron chi connectivity index (χ3n) is 6.15. The van der Waals surface area contributed by atoms with Crippen LogP contribution in [0.3, 0.4) is 0 Å². The van der Waals surface area contributed by atoms with Crippen LogP contribution in [0.15, 0.2) is 48.5 Å². The highest BCUT2D eigenvalue weighted by atomic mass is 14.3. The summed E-state index contributed by atoms with van der Waals surface area (Å²) >= 11 is 0. The van der Waals surface area contributed by atoms with E-state index in [0.29, 0.717) is 5.92 Å². The topological polar surface area (TPSA) is 0 Å². The molecule has 1 unspecified atom stereocenters. The number of fused-ring (bicyclic) bond motifs is 4. The SMILES string of the molecule is Cc1cc(C)c2c(c1)C=CC2c1c(C)ccc2c1Cc1cc(C)ccc1-2. The Morgan fingerprint density at radius 3 is 2.38 bits per heavy atom. The van der Waals surface area contributed by atoms with Gasteiger partial charge in [0, 0.05) is 5.92 Å². The first-order valence-electron chi connectivity index (χ1n) is 9.54. The van der Waals surface area contributed by atoms with Crippen molar-refractivity contribution in [1.82, 2.24) is 0 Å². The third-order valence-corrected chi connectivity index (χ3v) is 6.15. The molecule has 3 aromatic rings. The molecule has 2 aliphatic carbocycles. The Hall–Kier alpha value is -2.60. The van der Waals surface area contributed by atoms with Crippen molar-refractivity contribution in [2.75, 3.05) is 0 Å². The van der Waals surface area contributed by atoms with E-state index in [-0.39, 0.29) is 0 Å². The van der Waals surface area contributed by atoms with Gasteiger partial charge in [0.1, 0.15) is 0 Å². The number of rotatable bonds is 1. The minimum Gasteiger partial charge on any atom is -0.0720 e. The lowest BCUT2D eigenvalue weighted by atomic mass is 9.83. The van der Waals surface area contributed by atoms with Crippen molar-refractivity contribution in [1.29, 1.82) is 0 Å². The fourth-order valence-corrected chi connectivity index (χ4v) is 5.09. The zero-order chi connectivity index (χ0) is 18.0. The molecule has 0 spiro atoms. The Kier molecular flexibility index (Phi) is 3.28. The van der Waals surface area contributed by atoms with Gasteiger partial charge in [0.15, 0.2) is 0 Å². The summed E-state index contributed by atoms with van der Waals surface area (Å²) in [6.45, 7) is 8.93. The lowest BCUT2D eigenvalue weighted by Crippen LogP contribution is -2.05. The minimum atomic E-state index is 0.385. The summed E-state index contributed by atoms with van der Waals surface area (Å²) in [5.74, 6) is 0.385. The molecule has 3 aromatic carbocycles. The van der Waals surface area contributed by atoms with E-state index in [2.05, 4.69) is 82.3 Å². The van der Waals surface area contributed by atoms with Gasteiger partial charge < -0.3 is 0 Å². The summed E-state index contributed by atoms with van der Waals surface area (Å²) in [7, 11) is 0. The van der Waals surface area contributed by atoms with Crippen LogP contribution in [-0.2, 0) is 6.42 Å². The van der Waals surface area contributed by atoms with Crippen LogP contribution in [0, 0.1) is 27.7 Å². The highest BCUT2D eigenvalue weighted by molar-refractivity contribution is 5.81. The first kappa shape index (κ1) is 15.6. The zero-order valence-electron chi connectivity index (χ0n) is 16.0. The molecule has 26 heavy (non-hydrogen) atoms. The second-order valence-electron chi connectivity index (χ2n) is 8.08. The average molecular weight is 336 g/mol. The smallest absolute Gasteiger partial charge is 0.0287 e. The van der Waals surface area contributed by atoms with Crippen LogP contribution in [0.5, 0.6) is 0 Å². The van der Waals surface area contributed by atoms with E-state index in [4.69, 9.17) is 0 Å². The molecule has 5 rings (SSSR count). The Morgan fingerprint density at radius 2 is 1.54 bits per heavy atom. The number of hydrogen-bond donors (Lipinski definition) is 0. The fraction of sp³-hybridized carbons (Fsp3) is 0.231. The fourth-order valence-electron chi connectivity index (χ4n) is 5.09. The van der Waals surface area contributed by atoms with E-state index in [0.717, 1.165) is 6.42 Å². The molecule has 0 heterocycles. The standard InChI is InChI=1S/C26H24/c1-15-5-8-21-20(12-15)14-24-22(21)9-6-17(3)26(24)23-10-7-19-13-16(2)11-18(4)25(19)23/h5-13,23H,14H2,1-4H3. The Labute approximate surface area is 156 Å². The molecule has 0 bridgehead atoms. The van der Waals surface area contributed by atoms with E-state index >= 15 is 0 Å². The van der Waals surface area contributed by atoms with Gasteiger partial charge in [-0.3, -0.25) is 0 Å². The Balaban J connectivity index is 1.72. The molecule has 0 saturated heterocycles. The Bertz CT molecular complexity index is 1100. The normalized spacial score (nSPS) is 16.5. The molecule has 0 aromatic heterocycles. The van der Waals surface area contributed by atoms with Crippen molar-refractivity contribution in [3.8, 4) is 11.1 Å². The summed E-state index contributed by atoms with van der Waals surface area (Å²) in [5, 5.41) is 0. The van der Waals surface area contributed by atoms with Crippen LogP contribution in [0.25, 0.3) is 17.2 Å². The van der Waals surface area contributed by atoms with E-state index in [1.165, 1.54) is 61.2 Å². The predicted molar refractivity (Wildman–Crippen MR) is 111 cm³/mol. The lowest BCUT2D eigenvalue weighted by molar-refractivity contribution is 0.981. The molecular weight excluding hydrogens is 312 g/mol. The molecule has 0 saturated carbocycles. The predicted octanol–water partition coefficient (Wildman–Crippen LogP) is 6.65. The molecule has 0 nitrogen and oxygen atoms in total. The third kappa shape index (κ3) is 2.15. The van der Waals surface area contributed by atoms with Gasteiger partial charge in [-0.2, -0.15) is 0 Å². The molecule has 128 valence electrons. The van der Waals surface area contributed by atoms with Crippen molar-refractivity contribution in [2.45, 2.75) is 40.0 Å². The van der Waals surface area contributed by atoms with Crippen molar-refractivity contribution < 1.29 is 0 Å². The molecule has 0 fully saturated rings. The summed E-state index contributed by atoms with van der Waals surface area (Å²) in [4.78, 5) is 0. The summed E-state index contributed by atoms with van der Waals surface area (Å²) < 4.78 is 0. The van der Waals surface area contributed by atoms with Crippen LogP contribution < -0.4 is 0 Å². The van der Waals surface area contributed by atoms with Crippen molar-refractivity contribution >= 4 is 6.08 Å². The second-order valence-corrected chi connectivity index (χ2v) is 8.08. The van der Waals surface area contributed by atoms with Gasteiger partial charge in [-0.05, 0) is 84.2 Å². The summed E-state index contributed by atoms with van der Waals surface area (Å²) in [6.07, 6.45) is 5.80. The van der Waals surface area contributed by atoms with Crippen LogP contribution in [-0.4, -0.2) is 0 Å². The van der Waals surface area contributed by atoms with Crippen LogP contribution in [0.1, 0.15) is 56.0 Å². The number of hydrogen-bond acceptors (Lipinski definition) is 0. The number of allylic oxidation sites excluding steroid dienone is 1. The van der Waals surface area contributed by atoms with Gasteiger partial charge in [-0.15, -0.1) is 0 Å². The highest BCUT2D eigenvalue weighted by Crippen LogP contribution is 2.46. The van der Waals surface area contributed by atoms with E-state index in [9.17, 15) is 0 Å². The summed E-state index contributed by atoms with van der Waals surface area (Å²) in [6, 6.07) is 16.2. The van der Waals surface area contributed by atoms with Gasteiger partial charge in [-0.1, -0.05) is 65.7 Å². The maximum Gasteiger partial charge on any atom is 0.0287 e. The van der Waals surface area contributed by atoms with Gasteiger partial charge in [-0.25, -0.2) is 0 Å². The van der Waals surface area contributed by atoms with E-state index in [1.807, 2.05) is 0 Å². The second kappa shape index (κ2) is 5.45. The quantitative estimate of drug-likeness (QED) is 0.365. The van der Waals surface area contributed by atoms with Gasteiger partial charge in [0.2, 0.25) is 0 Å². The van der Waals surface area contributed by atoms with E-state index in [1.54, 1.807) is 0 Å². The average Bonchev–Trinajstić information content (AvgIpc) is 3.15. The Morgan fingerprint density at radius 1 is 0.731 bits per heavy atom. The first-order valence-corrected chi connectivity index (χ1v) is 9.54. The molecule has 0 radical (unpaired) electrons. The van der Waals surface area contributed by atoms with Crippen LogP contribution in [0.4, 0.5) is 0 Å². The number of benzene rings is 3. The number of aryl methyl sites for hydroxylation is 4. The molecule has 0 heteroatoms. The molecule has 1 atom stereocenters. The zero-order valence-corrected chi connectivity index (χ0v) is 16.0. The van der Waals surface area contributed by atoms with Gasteiger partial charge in [0.25, 0.3) is 0 Å². The van der Waals surface area contributed by atoms with Gasteiger partial charge in [0.05, 0.1) is 0 Å². The largest absolute Gasteiger partial charge is 0.0720 e. The lowest BCUT2D eigenvalue weighted by Gasteiger charge is -2.21. The van der Waals surface area contributed by atoms with E-state index < -0.39 is 0 Å². The minimum absolute atomic E-state index is 0.385. The van der Waals surface area contributed by atoms with Crippen molar-refractivity contribution in [2.24, 2.45) is 0 Å². The van der Waals surface area contributed by atoms with Crippen LogP contribution in [0.2, 0.25) is 0 Å². The molecule has 0 N–H and O–H groups in total. The molecule has 2 aliphatic rings.